The van der Waals surface area contributed by atoms with E-state index < -0.39 is 37.1 Å². The van der Waals surface area contributed by atoms with Crippen molar-refractivity contribution in [2.45, 2.75) is 43.4 Å². The van der Waals surface area contributed by atoms with Crippen LogP contribution in [-0.2, 0) is 18.2 Å². The quantitative estimate of drug-likeness (QED) is 0.506. The Hall–Kier alpha value is -2.44. The zero-order chi connectivity index (χ0) is 23.5. The van der Waals surface area contributed by atoms with Gasteiger partial charge < -0.3 is 29.7 Å². The number of imidazole rings is 1. The summed E-state index contributed by atoms with van der Waals surface area (Å²) in [6.07, 6.45) is 5.23. The van der Waals surface area contributed by atoms with Gasteiger partial charge in [-0.1, -0.05) is 47.9 Å². The van der Waals surface area contributed by atoms with Gasteiger partial charge in [-0.2, -0.15) is 0 Å². The molecule has 4 N–H and O–H groups in total. The molecule has 0 amide bonds. The molecule has 4 rings (SSSR count). The van der Waals surface area contributed by atoms with E-state index in [0.717, 1.165) is 23.3 Å². The van der Waals surface area contributed by atoms with Gasteiger partial charge in [0.15, 0.2) is 0 Å². The summed E-state index contributed by atoms with van der Waals surface area (Å²) in [5.41, 5.74) is 3.31. The first-order valence-electron chi connectivity index (χ1n) is 10.8. The summed E-state index contributed by atoms with van der Waals surface area (Å²) in [5, 5.41) is 40.6. The highest BCUT2D eigenvalue weighted by molar-refractivity contribution is 6.31. The number of aryl methyl sites for hydroxylation is 1. The van der Waals surface area contributed by atoms with Gasteiger partial charge in [0.25, 0.3) is 0 Å². The molecule has 0 bridgehead atoms. The number of aliphatic hydroxyl groups is 4. The van der Waals surface area contributed by atoms with Crippen molar-refractivity contribution in [1.82, 2.24) is 9.55 Å². The molecule has 7 nitrogen and oxygen atoms in total. The van der Waals surface area contributed by atoms with Crippen molar-refractivity contribution < 1.29 is 25.2 Å². The Morgan fingerprint density at radius 2 is 2.03 bits per heavy atom. The van der Waals surface area contributed by atoms with Crippen molar-refractivity contribution in [3.8, 4) is 11.8 Å². The van der Waals surface area contributed by atoms with Crippen LogP contribution in [0.1, 0.15) is 29.3 Å². The molecule has 33 heavy (non-hydrogen) atoms. The first kappa shape index (κ1) is 23.7. The predicted octanol–water partition coefficient (Wildman–Crippen LogP) is 1.69. The summed E-state index contributed by atoms with van der Waals surface area (Å²) in [6.45, 7) is -0.468. The number of aliphatic hydroxyl groups excluding tert-OH is 4. The van der Waals surface area contributed by atoms with E-state index in [1.807, 2.05) is 30.0 Å². The van der Waals surface area contributed by atoms with E-state index >= 15 is 0 Å². The molecule has 2 heterocycles. The van der Waals surface area contributed by atoms with Crippen LogP contribution in [0.2, 0.25) is 5.02 Å². The van der Waals surface area contributed by atoms with E-state index in [9.17, 15) is 20.4 Å². The lowest BCUT2D eigenvalue weighted by atomic mass is 9.89. The standard InChI is InChI=1S/C25H27ClN2O5/c1-28-12-19(27-14-28)8-6-15-2-4-16(5-3-15)10-18-11-17(7-9-20(18)26)25-24(32)23(31)22(30)21(13-29)33-25/h2,4-5,7,9,11-12,14-15,21-25,29-32H,3,10,13H2,1H3/t15?,21-,22-,23?,24-,25+/m1/s1. The lowest BCUT2D eigenvalue weighted by molar-refractivity contribution is -0.231. The monoisotopic (exact) mass is 470 g/mol. The fourth-order valence-corrected chi connectivity index (χ4v) is 4.24. The molecule has 0 spiro atoms. The van der Waals surface area contributed by atoms with Gasteiger partial charge in [-0.15, -0.1) is 0 Å². The molecule has 2 aromatic rings. The van der Waals surface area contributed by atoms with E-state index in [0.29, 0.717) is 17.0 Å². The third kappa shape index (κ3) is 5.39. The van der Waals surface area contributed by atoms with Crippen molar-refractivity contribution in [3.63, 3.8) is 0 Å². The highest BCUT2D eigenvalue weighted by Crippen LogP contribution is 2.34. The maximum absolute atomic E-state index is 10.4. The zero-order valence-corrected chi connectivity index (χ0v) is 18.9. The Morgan fingerprint density at radius 3 is 2.70 bits per heavy atom. The fourth-order valence-electron chi connectivity index (χ4n) is 4.05. The van der Waals surface area contributed by atoms with Crippen LogP contribution >= 0.6 is 11.6 Å². The average molecular weight is 471 g/mol. The number of halogens is 1. The summed E-state index contributed by atoms with van der Waals surface area (Å²) < 4.78 is 7.54. The van der Waals surface area contributed by atoms with Crippen LogP contribution in [0.15, 0.2) is 54.5 Å². The molecule has 0 radical (unpaired) electrons. The molecule has 2 unspecified atom stereocenters. The molecule has 1 fully saturated rings. The van der Waals surface area contributed by atoms with Crippen LogP contribution < -0.4 is 0 Å². The number of benzene rings is 1. The third-order valence-electron chi connectivity index (χ3n) is 5.95. The molecule has 1 aromatic heterocycles. The smallest absolute Gasteiger partial charge is 0.131 e. The Bertz CT molecular complexity index is 1110. The zero-order valence-electron chi connectivity index (χ0n) is 18.2. The van der Waals surface area contributed by atoms with Crippen LogP contribution in [0.3, 0.4) is 0 Å². The van der Waals surface area contributed by atoms with Crippen LogP contribution in [-0.4, -0.2) is 61.0 Å². The largest absolute Gasteiger partial charge is 0.394 e. The number of aromatic nitrogens is 2. The second-order valence-corrected chi connectivity index (χ2v) is 8.86. The minimum Gasteiger partial charge on any atom is -0.394 e. The second kappa shape index (κ2) is 10.2. The minimum atomic E-state index is -1.42. The fraction of sp³-hybridized carbons (Fsp3) is 0.400. The van der Waals surface area contributed by atoms with Crippen molar-refractivity contribution in [3.05, 3.63) is 76.4 Å². The average Bonchev–Trinajstić information content (AvgIpc) is 3.24. The highest BCUT2D eigenvalue weighted by atomic mass is 35.5. The first-order chi connectivity index (χ1) is 15.9. The van der Waals surface area contributed by atoms with Gasteiger partial charge in [0, 0.05) is 24.2 Å². The van der Waals surface area contributed by atoms with Gasteiger partial charge in [-0.3, -0.25) is 0 Å². The van der Waals surface area contributed by atoms with Crippen molar-refractivity contribution >= 4 is 11.6 Å². The van der Waals surface area contributed by atoms with Crippen molar-refractivity contribution in [2.24, 2.45) is 13.0 Å². The van der Waals surface area contributed by atoms with Crippen LogP contribution in [0.5, 0.6) is 0 Å². The summed E-state index contributed by atoms with van der Waals surface area (Å²) >= 11 is 6.43. The van der Waals surface area contributed by atoms with Gasteiger partial charge in [0.2, 0.25) is 0 Å². The lowest BCUT2D eigenvalue weighted by Crippen LogP contribution is -2.55. The number of hydrogen-bond acceptors (Lipinski definition) is 6. The Labute approximate surface area is 197 Å². The number of rotatable bonds is 4. The first-order valence-corrected chi connectivity index (χ1v) is 11.2. The normalized spacial score (nSPS) is 29.3. The maximum Gasteiger partial charge on any atom is 0.131 e. The molecule has 1 aliphatic heterocycles. The van der Waals surface area contributed by atoms with E-state index in [4.69, 9.17) is 16.3 Å². The summed E-state index contributed by atoms with van der Waals surface area (Å²) in [5.74, 6) is 6.44. The number of nitrogens with zero attached hydrogens (tertiary/aromatic N) is 2. The maximum atomic E-state index is 10.4. The molecule has 6 atom stereocenters. The summed E-state index contributed by atoms with van der Waals surface area (Å²) in [7, 11) is 1.91. The Kier molecular flexibility index (Phi) is 7.35. The van der Waals surface area contributed by atoms with Gasteiger partial charge in [-0.25, -0.2) is 4.98 Å². The number of allylic oxidation sites excluding steroid dienone is 4. The molecule has 8 heteroatoms. The minimum absolute atomic E-state index is 0.117. The van der Waals surface area contributed by atoms with Gasteiger partial charge in [0.1, 0.15) is 36.2 Å². The number of hydrogen-bond donors (Lipinski definition) is 4. The molecular formula is C25H27ClN2O5. The molecule has 174 valence electrons. The van der Waals surface area contributed by atoms with Gasteiger partial charge >= 0.3 is 0 Å². The van der Waals surface area contributed by atoms with E-state index in [2.05, 4.69) is 29.0 Å². The Balaban J connectivity index is 1.45. The molecule has 0 saturated carbocycles. The van der Waals surface area contributed by atoms with Gasteiger partial charge in [0.05, 0.1) is 12.9 Å². The Morgan fingerprint density at radius 1 is 1.21 bits per heavy atom. The third-order valence-corrected chi connectivity index (χ3v) is 6.32. The van der Waals surface area contributed by atoms with Gasteiger partial charge in [-0.05, 0) is 41.5 Å². The highest BCUT2D eigenvalue weighted by Gasteiger charge is 2.44. The molecule has 1 saturated heterocycles. The predicted molar refractivity (Wildman–Crippen MR) is 123 cm³/mol. The van der Waals surface area contributed by atoms with E-state index in [1.165, 1.54) is 0 Å². The molecule has 1 aliphatic carbocycles. The van der Waals surface area contributed by atoms with E-state index in [-0.39, 0.29) is 5.92 Å². The molecule has 1 aromatic carbocycles. The van der Waals surface area contributed by atoms with Crippen molar-refractivity contribution in [1.29, 1.82) is 0 Å². The molecular weight excluding hydrogens is 444 g/mol. The topological polar surface area (TPSA) is 108 Å². The lowest BCUT2D eigenvalue weighted by Gasteiger charge is -2.40. The van der Waals surface area contributed by atoms with Crippen LogP contribution in [0.4, 0.5) is 0 Å². The second-order valence-electron chi connectivity index (χ2n) is 8.45. The van der Waals surface area contributed by atoms with Crippen LogP contribution in [0.25, 0.3) is 0 Å². The van der Waals surface area contributed by atoms with E-state index in [1.54, 1.807) is 18.5 Å². The summed E-state index contributed by atoms with van der Waals surface area (Å²) in [4.78, 5) is 4.22. The van der Waals surface area contributed by atoms with Crippen molar-refractivity contribution in [2.75, 3.05) is 6.61 Å². The SMILES string of the molecule is Cn1cnc(C#CC2C=CC(Cc3cc([C@@H]4O[C@H](CO)[C@@H](O)C(O)[C@H]4O)ccc3Cl)=CC2)c1. The van der Waals surface area contributed by atoms with Crippen LogP contribution in [0, 0.1) is 17.8 Å². The molecule has 2 aliphatic rings. The summed E-state index contributed by atoms with van der Waals surface area (Å²) in [6, 6.07) is 5.27. The number of ether oxygens (including phenoxy) is 1.